The third kappa shape index (κ3) is 27.9. The summed E-state index contributed by atoms with van der Waals surface area (Å²) in [6, 6.07) is 0. The van der Waals surface area contributed by atoms with Gasteiger partial charge >= 0.3 is 0 Å². The van der Waals surface area contributed by atoms with Gasteiger partial charge in [-0.2, -0.15) is 7.11 Å². The first-order valence-corrected chi connectivity index (χ1v) is 13.3. The van der Waals surface area contributed by atoms with Gasteiger partial charge in [0.2, 0.25) is 0 Å². The molecular formula is C27H59NO. The third-order valence-corrected chi connectivity index (χ3v) is 6.23. The molecule has 0 atom stereocenters. The molecule has 178 valence electrons. The Hall–Kier alpha value is -0.0800. The Bertz CT molecular complexity index is 252. The summed E-state index contributed by atoms with van der Waals surface area (Å²) in [5, 5.41) is 8.25. The van der Waals surface area contributed by atoms with Gasteiger partial charge in [-0.05, 0) is 25.7 Å². The second kappa shape index (κ2) is 26.0. The zero-order valence-corrected chi connectivity index (χ0v) is 21.4. The van der Waals surface area contributed by atoms with Crippen molar-refractivity contribution in [1.82, 2.24) is 0 Å². The van der Waals surface area contributed by atoms with Crippen LogP contribution in [0.3, 0.4) is 0 Å². The first-order valence-electron chi connectivity index (χ1n) is 13.3. The lowest BCUT2D eigenvalue weighted by Gasteiger charge is -2.30. The number of hydrogen-bond acceptors (Lipinski definition) is 1. The molecule has 0 rings (SSSR count). The molecule has 0 N–H and O–H groups in total. The van der Waals surface area contributed by atoms with E-state index in [-0.39, 0.29) is 0 Å². The van der Waals surface area contributed by atoms with Crippen molar-refractivity contribution in [3.05, 3.63) is 0 Å². The molecule has 0 amide bonds. The molecule has 0 fully saturated rings. The summed E-state index contributed by atoms with van der Waals surface area (Å²) < 4.78 is 1.24. The molecule has 0 aliphatic rings. The summed E-state index contributed by atoms with van der Waals surface area (Å²) in [5.74, 6) is 0. The highest BCUT2D eigenvalue weighted by Gasteiger charge is 2.13. The summed E-state index contributed by atoms with van der Waals surface area (Å²) in [4.78, 5) is 0. The Balaban J connectivity index is 0. The van der Waals surface area contributed by atoms with Crippen molar-refractivity contribution in [2.45, 2.75) is 142 Å². The molecular weight excluding hydrogens is 354 g/mol. The number of rotatable bonds is 22. The minimum absolute atomic E-state index is 0.750. The van der Waals surface area contributed by atoms with Crippen molar-refractivity contribution in [1.29, 1.82) is 0 Å². The van der Waals surface area contributed by atoms with Gasteiger partial charge in [0.1, 0.15) is 0 Å². The molecule has 0 spiro atoms. The maximum absolute atomic E-state index is 8.25. The number of quaternary nitrogens is 1. The van der Waals surface area contributed by atoms with Crippen molar-refractivity contribution >= 4 is 0 Å². The normalized spacial score (nSPS) is 11.4. The Morgan fingerprint density at radius 2 is 0.586 bits per heavy atom. The smallest absolute Gasteiger partial charge is 0.0782 e. The molecule has 0 bridgehead atoms. The lowest BCUT2D eigenvalue weighted by Crippen LogP contribution is -2.41. The van der Waals surface area contributed by atoms with Crippen LogP contribution >= 0.6 is 0 Å². The van der Waals surface area contributed by atoms with Crippen LogP contribution in [0, 0.1) is 0 Å². The predicted octanol–water partition coefficient (Wildman–Crippen LogP) is 7.88. The van der Waals surface area contributed by atoms with Crippen LogP contribution in [0.4, 0.5) is 0 Å². The molecule has 0 aromatic carbocycles. The molecule has 29 heavy (non-hydrogen) atoms. The van der Waals surface area contributed by atoms with Crippen molar-refractivity contribution < 1.29 is 9.59 Å². The van der Waals surface area contributed by atoms with E-state index < -0.39 is 0 Å². The van der Waals surface area contributed by atoms with E-state index in [0.29, 0.717) is 0 Å². The van der Waals surface area contributed by atoms with Gasteiger partial charge in [-0.1, -0.05) is 117 Å². The molecule has 2 nitrogen and oxygen atoms in total. The molecule has 0 saturated heterocycles. The van der Waals surface area contributed by atoms with E-state index in [2.05, 4.69) is 27.9 Å². The first-order chi connectivity index (χ1) is 14.1. The van der Waals surface area contributed by atoms with Crippen LogP contribution in [0.5, 0.6) is 0 Å². The van der Waals surface area contributed by atoms with E-state index >= 15 is 0 Å². The Labute approximate surface area is 186 Å². The fourth-order valence-corrected chi connectivity index (χ4v) is 4.17. The van der Waals surface area contributed by atoms with Gasteiger partial charge in [-0.3, -0.25) is 0 Å². The first kappa shape index (κ1) is 31.1. The topological polar surface area (TPSA) is 23.1 Å². The number of nitrogens with zero attached hydrogens (tertiary/aromatic N) is 1. The SMILES string of the molecule is CCCCCCCCCCCC[N+](C)(C)CCCCCCCCCCCC.C[O-]. The molecule has 0 aromatic rings. The van der Waals surface area contributed by atoms with Crippen LogP contribution in [0.2, 0.25) is 0 Å². The largest absolute Gasteiger partial charge is 0.857 e. The van der Waals surface area contributed by atoms with Gasteiger partial charge in [0.25, 0.3) is 0 Å². The quantitative estimate of drug-likeness (QED) is 0.131. The molecule has 0 aliphatic heterocycles. The fraction of sp³-hybridized carbons (Fsp3) is 1.00. The zero-order chi connectivity index (χ0) is 22.1. The summed E-state index contributed by atoms with van der Waals surface area (Å²) in [6.45, 7) is 7.37. The molecule has 0 aliphatic carbocycles. The van der Waals surface area contributed by atoms with Gasteiger partial charge in [0.15, 0.2) is 0 Å². The van der Waals surface area contributed by atoms with Gasteiger partial charge in [-0.25, -0.2) is 0 Å². The average Bonchev–Trinajstić information content (AvgIpc) is 2.72. The maximum Gasteiger partial charge on any atom is 0.0782 e. The molecule has 0 heterocycles. The van der Waals surface area contributed by atoms with Crippen molar-refractivity contribution in [3.63, 3.8) is 0 Å². The lowest BCUT2D eigenvalue weighted by atomic mass is 10.1. The van der Waals surface area contributed by atoms with E-state index in [1.165, 1.54) is 146 Å². The van der Waals surface area contributed by atoms with E-state index in [4.69, 9.17) is 5.11 Å². The van der Waals surface area contributed by atoms with Crippen LogP contribution in [0.15, 0.2) is 0 Å². The fourth-order valence-electron chi connectivity index (χ4n) is 4.17. The van der Waals surface area contributed by atoms with E-state index in [9.17, 15) is 0 Å². The van der Waals surface area contributed by atoms with E-state index in [0.717, 1.165) is 7.11 Å². The highest BCUT2D eigenvalue weighted by molar-refractivity contribution is 4.50. The van der Waals surface area contributed by atoms with Crippen molar-refractivity contribution in [3.8, 4) is 0 Å². The molecule has 0 saturated carbocycles. The molecule has 0 aromatic heterocycles. The minimum atomic E-state index is 0.750. The second-order valence-corrected chi connectivity index (χ2v) is 9.75. The number of unbranched alkanes of at least 4 members (excludes halogenated alkanes) is 18. The summed E-state index contributed by atoms with van der Waals surface area (Å²) in [7, 11) is 5.64. The van der Waals surface area contributed by atoms with Gasteiger partial charge in [0.05, 0.1) is 27.2 Å². The Kier molecular flexibility index (Phi) is 27.8. The molecule has 2 heteroatoms. The second-order valence-electron chi connectivity index (χ2n) is 9.75. The number of hydrogen-bond donors (Lipinski definition) is 0. The van der Waals surface area contributed by atoms with Gasteiger partial charge in [0, 0.05) is 0 Å². The van der Waals surface area contributed by atoms with E-state index in [1.807, 2.05) is 0 Å². The summed E-state index contributed by atoms with van der Waals surface area (Å²) >= 11 is 0. The van der Waals surface area contributed by atoms with Gasteiger partial charge < -0.3 is 9.59 Å². The van der Waals surface area contributed by atoms with Crippen LogP contribution in [-0.2, 0) is 0 Å². The minimum Gasteiger partial charge on any atom is -0.857 e. The molecule has 0 unspecified atom stereocenters. The maximum atomic E-state index is 8.25. The highest BCUT2D eigenvalue weighted by atomic mass is 16.2. The van der Waals surface area contributed by atoms with E-state index in [1.54, 1.807) is 0 Å². The average molecular weight is 414 g/mol. The lowest BCUT2D eigenvalue weighted by molar-refractivity contribution is -0.890. The monoisotopic (exact) mass is 413 g/mol. The van der Waals surface area contributed by atoms with Gasteiger partial charge in [-0.15, -0.1) is 0 Å². The van der Waals surface area contributed by atoms with Crippen molar-refractivity contribution in [2.75, 3.05) is 34.3 Å². The predicted molar refractivity (Wildman–Crippen MR) is 131 cm³/mol. The summed E-state index contributed by atoms with van der Waals surface area (Å²) in [6.07, 6.45) is 29.0. The zero-order valence-electron chi connectivity index (χ0n) is 21.4. The van der Waals surface area contributed by atoms with Crippen LogP contribution in [0.25, 0.3) is 0 Å². The van der Waals surface area contributed by atoms with Crippen molar-refractivity contribution in [2.24, 2.45) is 0 Å². The van der Waals surface area contributed by atoms with Crippen LogP contribution in [0.1, 0.15) is 142 Å². The third-order valence-electron chi connectivity index (χ3n) is 6.23. The standard InChI is InChI=1S/C26H56N.CH3O/c1-5-7-9-11-13-15-17-19-21-23-25-27(3,4)26-24-22-20-18-16-14-12-10-8-6-2;1-2/h5-26H2,1-4H3;1H3/q+1;-1. The highest BCUT2D eigenvalue weighted by Crippen LogP contribution is 2.14. The Morgan fingerprint density at radius 3 is 0.828 bits per heavy atom. The summed E-state index contributed by atoms with van der Waals surface area (Å²) in [5.41, 5.74) is 0. The van der Waals surface area contributed by atoms with Crippen LogP contribution in [-0.4, -0.2) is 38.8 Å². The molecule has 0 radical (unpaired) electrons. The Morgan fingerprint density at radius 1 is 0.379 bits per heavy atom. The van der Waals surface area contributed by atoms with Crippen LogP contribution < -0.4 is 5.11 Å².